The maximum Gasteiger partial charge on any atom is 0.416 e. The molecule has 131 heavy (non-hydrogen) atoms. The van der Waals surface area contributed by atoms with Crippen LogP contribution in [0.5, 0.6) is 0 Å². The number of carbonyl (C=O) groups is 4. The molecule has 4 saturated carbocycles. The van der Waals surface area contributed by atoms with Gasteiger partial charge in [0.15, 0.2) is 0 Å². The number of urea groups is 2. The summed E-state index contributed by atoms with van der Waals surface area (Å²) in [5.74, 6) is 6.80. The number of alkyl halides is 3. The minimum Gasteiger partial charge on any atom is -0.343 e. The Bertz CT molecular complexity index is 6200. The maximum absolute atomic E-state index is 13.1. The Labute approximate surface area is 772 Å². The number of aryl methyl sites for hydroxylation is 2. The van der Waals surface area contributed by atoms with Crippen molar-refractivity contribution in [2.75, 3.05) is 68.1 Å². The van der Waals surface area contributed by atoms with Crippen molar-refractivity contribution in [3.05, 3.63) is 233 Å². The van der Waals surface area contributed by atoms with Crippen molar-refractivity contribution in [3.63, 3.8) is 0 Å². The molecule has 4 N–H and O–H groups in total. The van der Waals surface area contributed by atoms with Gasteiger partial charge < -0.3 is 44.8 Å². The Hall–Kier alpha value is -12.7. The summed E-state index contributed by atoms with van der Waals surface area (Å²) in [7, 11) is 3.60. The van der Waals surface area contributed by atoms with Gasteiger partial charge in [-0.25, -0.2) is 54.4 Å². The van der Waals surface area contributed by atoms with E-state index >= 15 is 0 Å². The molecule has 4 aliphatic carbocycles. The molecule has 4 aliphatic heterocycles. The molecule has 0 bridgehead atoms. The van der Waals surface area contributed by atoms with E-state index in [-0.39, 0.29) is 70.6 Å². The van der Waals surface area contributed by atoms with Crippen LogP contribution in [0.4, 0.5) is 69.8 Å². The lowest BCUT2D eigenvalue weighted by Crippen LogP contribution is -2.38. The highest BCUT2D eigenvalue weighted by Crippen LogP contribution is 2.52. The topological polar surface area (TPSA) is 323 Å². The molecule has 8 aliphatic rings. The van der Waals surface area contributed by atoms with Gasteiger partial charge in [-0.05, 0) is 192 Å². The molecule has 0 unspecified atom stereocenters. The smallest absolute Gasteiger partial charge is 0.343 e. The van der Waals surface area contributed by atoms with Crippen molar-refractivity contribution in [1.29, 1.82) is 0 Å². The monoisotopic (exact) mass is 1840 g/mol. The van der Waals surface area contributed by atoms with Crippen LogP contribution in [0.1, 0.15) is 172 Å². The third-order valence-electron chi connectivity index (χ3n) is 25.7. The molecule has 31 nitrogen and oxygen atoms in total. The number of likely N-dealkylation sites (N-methyl/N-ethyl adjacent to an activating group) is 2. The minimum absolute atomic E-state index is 0.00768. The molecule has 20 rings (SSSR count). The molecule has 3 aromatic carbocycles. The highest BCUT2D eigenvalue weighted by Gasteiger charge is 2.52. The van der Waals surface area contributed by atoms with E-state index in [2.05, 4.69) is 126 Å². The Balaban J connectivity index is 0.000000122. The standard InChI is InChI=1S/C24H27ClN6O.C24H26F3N7O.C23H25Cl2N7O.C23H27N7O/c1-15(2)19-6-7-22(32)31(19)21-8-11-26-23(28-21)29-24(9-10-24)20-13-30(14-27-20)17-5-4-16(3)18(25)12-17;1-15(2)18-12-32(3)22(35)34(18)20-7-10-28-21(30-20)31-23(8-9-23)19-13-33(14-29-19)17-6-4-5-16(11-17)24(25,26)27;1-14(2)18-11-30(3)22(33)32(18)20-4-7-26-21(28-20)29-23(5-6-23)19-12-31(13-27-19)17-9-15(24)8-16(25)10-17;1-15(2)17-5-7-21(31)30(17)20-8-11-24-22(27-20)28-23(9-10-23)18-13-29(14-26-18)19-6-4-16(3)12-25-19/h4-5,8,11-15,19H,6-7,9-10H2,1-3H3,(H,26,28,29);4-7,10-11,13-15,18H,8-9,12H2,1-3H3,(H,28,30,31);4,7-10,12-14,18H,5-6,11H2,1-3H3,(H,26,28,29);4,6,8,11-15,17H,5,7,9-10H2,1-3H3,(H,24,27,28)/t19-;2*18-;17-/m1111/s1. The van der Waals surface area contributed by atoms with E-state index in [0.29, 0.717) is 112 Å². The van der Waals surface area contributed by atoms with Crippen LogP contribution in [0, 0.1) is 37.5 Å². The first-order valence-electron chi connectivity index (χ1n) is 44.3. The predicted octanol–water partition coefficient (Wildman–Crippen LogP) is 18.1. The molecule has 6 amide bonds. The summed E-state index contributed by atoms with van der Waals surface area (Å²) >= 11 is 18.6. The molecule has 4 saturated heterocycles. The number of pyridine rings is 1. The first kappa shape index (κ1) is 90.3. The van der Waals surface area contributed by atoms with Crippen LogP contribution in [-0.4, -0.2) is 168 Å². The number of amides is 6. The van der Waals surface area contributed by atoms with Gasteiger partial charge in [-0.2, -0.15) is 33.1 Å². The summed E-state index contributed by atoms with van der Waals surface area (Å²) in [5.41, 5.74) is 5.73. The van der Waals surface area contributed by atoms with Crippen LogP contribution in [0.2, 0.25) is 15.1 Å². The largest absolute Gasteiger partial charge is 0.416 e. The zero-order valence-corrected chi connectivity index (χ0v) is 77.2. The number of anilines is 8. The fourth-order valence-electron chi connectivity index (χ4n) is 17.4. The number of imidazole rings is 4. The molecular formula is C94H105Cl3F3N27O4. The zero-order chi connectivity index (χ0) is 92.3. The molecule has 8 fully saturated rings. The van der Waals surface area contributed by atoms with Crippen molar-refractivity contribution < 1.29 is 32.3 Å². The molecule has 682 valence electrons. The van der Waals surface area contributed by atoms with E-state index in [4.69, 9.17) is 49.8 Å². The van der Waals surface area contributed by atoms with Crippen LogP contribution in [0.3, 0.4) is 0 Å². The second kappa shape index (κ2) is 36.2. The first-order valence-corrected chi connectivity index (χ1v) is 45.5. The molecule has 9 aromatic heterocycles. The molecule has 0 radical (unpaired) electrons. The first-order chi connectivity index (χ1) is 62.6. The quantitative estimate of drug-likeness (QED) is 0.0437. The van der Waals surface area contributed by atoms with Crippen molar-refractivity contribution in [1.82, 2.24) is 92.9 Å². The summed E-state index contributed by atoms with van der Waals surface area (Å²) in [6.07, 6.45) is 28.9. The third-order valence-corrected chi connectivity index (χ3v) is 26.6. The van der Waals surface area contributed by atoms with Gasteiger partial charge in [0, 0.05) is 140 Å². The van der Waals surface area contributed by atoms with Crippen LogP contribution >= 0.6 is 34.8 Å². The molecule has 13 heterocycles. The SMILES string of the molecule is CC(C)[C@H]1CN(C)C(=O)N1c1ccnc(NC2(c3cn(-c4cc(Cl)cc(Cl)c4)cn3)CC2)n1.CC(C)[C@H]1CN(C)C(=O)N1c1ccnc(NC2(c3cn(-c4cccc(C(F)(F)F)c4)cn3)CC2)n1.Cc1ccc(-n2cnc(C3(Nc4nccc(N5C(=O)CC[C@@H]5C(C)C)n4)CC3)c2)cc1Cl.Cc1ccc(-n2cnc(C3(Nc4nccc(N5C(=O)CC[C@@H]5C(C)C)n4)CC3)c2)nc1. The molecule has 4 atom stereocenters. The van der Waals surface area contributed by atoms with E-state index in [1.54, 1.807) is 99.1 Å². The minimum atomic E-state index is -4.42. The van der Waals surface area contributed by atoms with Crippen molar-refractivity contribution in [2.45, 2.75) is 199 Å². The average Bonchev–Trinajstić information content (AvgIpc) is 1.61. The molecule has 37 heteroatoms. The number of hydrogen-bond donors (Lipinski definition) is 4. The van der Waals surface area contributed by atoms with Gasteiger partial charge in [0.1, 0.15) is 35.4 Å². The molecule has 12 aromatic rings. The normalized spacial score (nSPS) is 19.6. The molecular weight excluding hydrogens is 1730 g/mol. The summed E-state index contributed by atoms with van der Waals surface area (Å²) in [5, 5.41) is 15.7. The van der Waals surface area contributed by atoms with Gasteiger partial charge in [0.05, 0.1) is 81.6 Å². The highest BCUT2D eigenvalue weighted by molar-refractivity contribution is 6.35. The fourth-order valence-corrected chi connectivity index (χ4v) is 18.1. The zero-order valence-electron chi connectivity index (χ0n) is 74.9. The summed E-state index contributed by atoms with van der Waals surface area (Å²) < 4.78 is 46.7. The number of aromatic nitrogens is 17. The van der Waals surface area contributed by atoms with Crippen LogP contribution in [-0.2, 0) is 37.9 Å². The number of carbonyl (C=O) groups excluding carboxylic acids is 4. The van der Waals surface area contributed by atoms with Gasteiger partial charge in [-0.15, -0.1) is 0 Å². The lowest BCUT2D eigenvalue weighted by molar-refractivity contribution is -0.137. The Morgan fingerprint density at radius 1 is 0.397 bits per heavy atom. The average molecular weight is 1840 g/mol. The summed E-state index contributed by atoms with van der Waals surface area (Å²) in [4.78, 5) is 120. The van der Waals surface area contributed by atoms with Gasteiger partial charge >= 0.3 is 18.2 Å². The van der Waals surface area contributed by atoms with Gasteiger partial charge in [-0.3, -0.25) is 33.8 Å². The Morgan fingerprint density at radius 3 is 1.12 bits per heavy atom. The number of hydrogen-bond acceptors (Lipinski definition) is 21. The second-order valence-corrected chi connectivity index (χ2v) is 37.9. The Kier molecular flexibility index (Phi) is 25.0. The van der Waals surface area contributed by atoms with Crippen molar-refractivity contribution >= 4 is 106 Å². The van der Waals surface area contributed by atoms with E-state index in [1.807, 2.05) is 130 Å². The van der Waals surface area contributed by atoms with Gasteiger partial charge in [0.25, 0.3) is 0 Å². The van der Waals surface area contributed by atoms with E-state index in [9.17, 15) is 32.3 Å². The fraction of sp³-hybridized carbons (Fsp3) is 0.415. The molecule has 0 spiro atoms. The maximum atomic E-state index is 13.1. The second-order valence-electron chi connectivity index (χ2n) is 36.7. The van der Waals surface area contributed by atoms with Crippen molar-refractivity contribution in [2.24, 2.45) is 23.7 Å². The summed E-state index contributed by atoms with van der Waals surface area (Å²) in [6, 6.07) is 28.0. The van der Waals surface area contributed by atoms with E-state index < -0.39 is 17.3 Å². The van der Waals surface area contributed by atoms with E-state index in [1.165, 1.54) is 12.4 Å². The number of nitrogens with one attached hydrogen (secondary N) is 4. The van der Waals surface area contributed by atoms with Gasteiger partial charge in [-0.1, -0.05) is 108 Å². The third kappa shape index (κ3) is 19.3. The highest BCUT2D eigenvalue weighted by atomic mass is 35.5. The summed E-state index contributed by atoms with van der Waals surface area (Å²) in [6.45, 7) is 22.3. The van der Waals surface area contributed by atoms with Crippen LogP contribution in [0.15, 0.2) is 178 Å². The van der Waals surface area contributed by atoms with E-state index in [0.717, 1.165) is 127 Å². The number of halogens is 6. The number of benzene rings is 3. The van der Waals surface area contributed by atoms with Crippen LogP contribution < -0.4 is 40.9 Å². The van der Waals surface area contributed by atoms with Crippen molar-refractivity contribution in [3.8, 4) is 22.9 Å². The lowest BCUT2D eigenvalue weighted by Gasteiger charge is -2.27. The predicted molar refractivity (Wildman–Crippen MR) is 497 cm³/mol. The number of nitrogens with zero attached hydrogens (tertiary/aromatic N) is 23. The van der Waals surface area contributed by atoms with Gasteiger partial charge in [0.2, 0.25) is 35.6 Å². The Morgan fingerprint density at radius 2 is 0.763 bits per heavy atom. The van der Waals surface area contributed by atoms with Crippen LogP contribution in [0.25, 0.3) is 22.9 Å². The number of rotatable bonds is 24. The lowest BCUT2D eigenvalue weighted by atomic mass is 10.0.